The first-order valence-corrected chi connectivity index (χ1v) is 8.55. The molecule has 0 spiro atoms. The van der Waals surface area contributed by atoms with Crippen LogP contribution < -0.4 is 14.8 Å². The summed E-state index contributed by atoms with van der Waals surface area (Å²) in [6, 6.07) is 14.8. The molecule has 24 heavy (non-hydrogen) atoms. The van der Waals surface area contributed by atoms with Crippen LogP contribution in [0.15, 0.2) is 42.5 Å². The van der Waals surface area contributed by atoms with Crippen LogP contribution in [-0.2, 0) is 19.4 Å². The van der Waals surface area contributed by atoms with E-state index in [-0.39, 0.29) is 6.61 Å². The number of ether oxygens (including phenoxy) is 2. The molecule has 0 saturated heterocycles. The van der Waals surface area contributed by atoms with Gasteiger partial charge in [0.15, 0.2) is 11.5 Å². The van der Waals surface area contributed by atoms with E-state index >= 15 is 0 Å². The van der Waals surface area contributed by atoms with Gasteiger partial charge >= 0.3 is 0 Å². The zero-order valence-corrected chi connectivity index (χ0v) is 14.1. The fourth-order valence-corrected chi connectivity index (χ4v) is 2.86. The Balaban J connectivity index is 1.38. The highest BCUT2D eigenvalue weighted by atomic mass is 16.7. The topological polar surface area (TPSA) is 50.7 Å². The molecule has 1 aliphatic heterocycles. The average molecular weight is 327 g/mol. The summed E-state index contributed by atoms with van der Waals surface area (Å²) in [6.45, 7) is 3.62. The van der Waals surface area contributed by atoms with E-state index in [2.05, 4.69) is 36.5 Å². The summed E-state index contributed by atoms with van der Waals surface area (Å²) < 4.78 is 10.8. The molecule has 0 bridgehead atoms. The summed E-state index contributed by atoms with van der Waals surface area (Å²) in [4.78, 5) is 0. The third-order valence-electron chi connectivity index (χ3n) is 4.42. The molecule has 4 nitrogen and oxygen atoms in total. The molecule has 2 N–H and O–H groups in total. The van der Waals surface area contributed by atoms with Crippen LogP contribution in [0.2, 0.25) is 0 Å². The highest BCUT2D eigenvalue weighted by molar-refractivity contribution is 5.44. The smallest absolute Gasteiger partial charge is 0.231 e. The maximum atomic E-state index is 9.05. The van der Waals surface area contributed by atoms with Gasteiger partial charge < -0.3 is 19.9 Å². The first-order chi connectivity index (χ1) is 11.7. The van der Waals surface area contributed by atoms with Gasteiger partial charge in [0.25, 0.3) is 0 Å². The Morgan fingerprint density at radius 1 is 0.958 bits per heavy atom. The number of nitrogens with one attached hydrogen (secondary N) is 1. The molecule has 0 radical (unpaired) electrons. The molecule has 3 rings (SSSR count). The molecule has 1 unspecified atom stereocenters. The van der Waals surface area contributed by atoms with Gasteiger partial charge in [-0.3, -0.25) is 0 Å². The highest BCUT2D eigenvalue weighted by Crippen LogP contribution is 2.32. The first-order valence-electron chi connectivity index (χ1n) is 8.55. The Morgan fingerprint density at radius 3 is 2.46 bits per heavy atom. The van der Waals surface area contributed by atoms with Crippen LogP contribution in [-0.4, -0.2) is 24.5 Å². The Bertz CT molecular complexity index is 654. The Morgan fingerprint density at radius 2 is 1.67 bits per heavy atom. The van der Waals surface area contributed by atoms with Crippen LogP contribution in [0.1, 0.15) is 30.0 Å². The summed E-state index contributed by atoms with van der Waals surface area (Å²) in [7, 11) is 0. The highest BCUT2D eigenvalue weighted by Gasteiger charge is 2.13. The normalized spacial score (nSPS) is 13.9. The van der Waals surface area contributed by atoms with E-state index in [0.717, 1.165) is 42.9 Å². The average Bonchev–Trinajstić information content (AvgIpc) is 3.08. The van der Waals surface area contributed by atoms with Gasteiger partial charge in [-0.2, -0.15) is 0 Å². The second-order valence-corrected chi connectivity index (χ2v) is 6.31. The predicted octanol–water partition coefficient (Wildman–Crippen LogP) is 3.06. The van der Waals surface area contributed by atoms with Crippen molar-refractivity contribution in [1.82, 2.24) is 5.32 Å². The van der Waals surface area contributed by atoms with E-state index in [4.69, 9.17) is 14.6 Å². The number of rotatable bonds is 8. The SMILES string of the molecule is CC(CCc1ccc2c(c1)OCO2)NCCc1ccc(CO)cc1. The van der Waals surface area contributed by atoms with Gasteiger partial charge in [-0.05, 0) is 61.6 Å². The van der Waals surface area contributed by atoms with E-state index in [9.17, 15) is 0 Å². The number of aliphatic hydroxyl groups excluding tert-OH is 1. The number of hydrogen-bond donors (Lipinski definition) is 2. The lowest BCUT2D eigenvalue weighted by Crippen LogP contribution is -2.28. The molecule has 1 atom stereocenters. The molecule has 0 aromatic heterocycles. The lowest BCUT2D eigenvalue weighted by molar-refractivity contribution is 0.174. The summed E-state index contributed by atoms with van der Waals surface area (Å²) in [6.07, 6.45) is 3.11. The largest absolute Gasteiger partial charge is 0.454 e. The van der Waals surface area contributed by atoms with Gasteiger partial charge in [-0.1, -0.05) is 30.3 Å². The molecular weight excluding hydrogens is 302 g/mol. The van der Waals surface area contributed by atoms with Crippen LogP contribution in [0.5, 0.6) is 11.5 Å². The Hall–Kier alpha value is -2.04. The summed E-state index contributed by atoms with van der Waals surface area (Å²) >= 11 is 0. The standard InChI is InChI=1S/C20H25NO3/c1-15(21-11-10-16-4-6-18(13-22)7-5-16)2-3-17-8-9-19-20(12-17)24-14-23-19/h4-9,12,15,21-22H,2-3,10-11,13-14H2,1H3. The van der Waals surface area contributed by atoms with Crippen molar-refractivity contribution in [3.05, 3.63) is 59.2 Å². The van der Waals surface area contributed by atoms with Crippen molar-refractivity contribution in [3.63, 3.8) is 0 Å². The molecule has 0 saturated carbocycles. The van der Waals surface area contributed by atoms with Gasteiger partial charge in [0, 0.05) is 6.04 Å². The second kappa shape index (κ2) is 8.18. The number of aryl methyl sites for hydroxylation is 1. The number of aliphatic hydroxyl groups is 1. The zero-order valence-electron chi connectivity index (χ0n) is 14.1. The van der Waals surface area contributed by atoms with Gasteiger partial charge in [0.1, 0.15) is 0 Å². The van der Waals surface area contributed by atoms with Crippen LogP contribution in [0.4, 0.5) is 0 Å². The molecule has 1 aliphatic rings. The summed E-state index contributed by atoms with van der Waals surface area (Å²) in [5.41, 5.74) is 3.54. The molecule has 0 amide bonds. The Labute approximate surface area is 143 Å². The van der Waals surface area contributed by atoms with E-state index in [1.54, 1.807) is 0 Å². The molecule has 4 heteroatoms. The second-order valence-electron chi connectivity index (χ2n) is 6.31. The van der Waals surface area contributed by atoms with Crippen molar-refractivity contribution in [2.45, 2.75) is 38.8 Å². The van der Waals surface area contributed by atoms with Crippen molar-refractivity contribution in [2.75, 3.05) is 13.3 Å². The van der Waals surface area contributed by atoms with Crippen LogP contribution in [0.25, 0.3) is 0 Å². The van der Waals surface area contributed by atoms with Crippen LogP contribution in [0.3, 0.4) is 0 Å². The van der Waals surface area contributed by atoms with Crippen LogP contribution >= 0.6 is 0 Å². The quantitative estimate of drug-likeness (QED) is 0.782. The number of hydrogen-bond acceptors (Lipinski definition) is 4. The van der Waals surface area contributed by atoms with Gasteiger partial charge in [0.05, 0.1) is 6.61 Å². The fraction of sp³-hybridized carbons (Fsp3) is 0.400. The maximum Gasteiger partial charge on any atom is 0.231 e. The van der Waals surface area contributed by atoms with Gasteiger partial charge in [-0.25, -0.2) is 0 Å². The Kier molecular flexibility index (Phi) is 5.72. The summed E-state index contributed by atoms with van der Waals surface area (Å²) in [5, 5.41) is 12.6. The number of benzene rings is 2. The minimum absolute atomic E-state index is 0.107. The fourth-order valence-electron chi connectivity index (χ4n) is 2.86. The summed E-state index contributed by atoms with van der Waals surface area (Å²) in [5.74, 6) is 1.71. The zero-order chi connectivity index (χ0) is 16.8. The van der Waals surface area contributed by atoms with E-state index in [0.29, 0.717) is 12.8 Å². The van der Waals surface area contributed by atoms with E-state index < -0.39 is 0 Å². The van der Waals surface area contributed by atoms with Crippen molar-refractivity contribution in [1.29, 1.82) is 0 Å². The molecule has 128 valence electrons. The molecular formula is C20H25NO3. The van der Waals surface area contributed by atoms with Gasteiger partial charge in [0.2, 0.25) is 6.79 Å². The monoisotopic (exact) mass is 327 g/mol. The van der Waals surface area contributed by atoms with Crippen molar-refractivity contribution >= 4 is 0 Å². The molecule has 0 fully saturated rings. The van der Waals surface area contributed by atoms with Crippen molar-refractivity contribution in [2.24, 2.45) is 0 Å². The third-order valence-corrected chi connectivity index (χ3v) is 4.42. The molecule has 0 aliphatic carbocycles. The first kappa shape index (κ1) is 16.8. The van der Waals surface area contributed by atoms with E-state index in [1.165, 1.54) is 11.1 Å². The molecule has 2 aromatic carbocycles. The number of fused-ring (bicyclic) bond motifs is 1. The minimum atomic E-state index is 0.107. The van der Waals surface area contributed by atoms with Crippen LogP contribution in [0, 0.1) is 0 Å². The van der Waals surface area contributed by atoms with Crippen molar-refractivity contribution in [3.8, 4) is 11.5 Å². The van der Waals surface area contributed by atoms with Gasteiger partial charge in [-0.15, -0.1) is 0 Å². The lowest BCUT2D eigenvalue weighted by atomic mass is 10.0. The van der Waals surface area contributed by atoms with Crippen molar-refractivity contribution < 1.29 is 14.6 Å². The van der Waals surface area contributed by atoms with E-state index in [1.807, 2.05) is 18.2 Å². The molecule has 2 aromatic rings. The lowest BCUT2D eigenvalue weighted by Gasteiger charge is -2.14. The molecule has 1 heterocycles. The maximum absolute atomic E-state index is 9.05. The third kappa shape index (κ3) is 4.49. The predicted molar refractivity (Wildman–Crippen MR) is 94.4 cm³/mol. The minimum Gasteiger partial charge on any atom is -0.454 e.